The van der Waals surface area contributed by atoms with Crippen LogP contribution >= 0.6 is 15.9 Å². The van der Waals surface area contributed by atoms with E-state index in [9.17, 15) is 0 Å². The number of ether oxygens (including phenoxy) is 2. The maximum atomic E-state index is 5.76. The van der Waals surface area contributed by atoms with Gasteiger partial charge in [-0.3, -0.25) is 4.90 Å². The van der Waals surface area contributed by atoms with Gasteiger partial charge in [-0.1, -0.05) is 6.92 Å². The van der Waals surface area contributed by atoms with Crippen molar-refractivity contribution >= 4 is 15.9 Å². The van der Waals surface area contributed by atoms with Crippen LogP contribution in [0, 0.1) is 0 Å². The third kappa shape index (κ3) is 5.95. The summed E-state index contributed by atoms with van der Waals surface area (Å²) in [6, 6.07) is 4.15. The predicted molar refractivity (Wildman–Crippen MR) is 97.5 cm³/mol. The molecule has 0 bridgehead atoms. The van der Waals surface area contributed by atoms with E-state index in [-0.39, 0.29) is 0 Å². The lowest BCUT2D eigenvalue weighted by Gasteiger charge is -2.27. The van der Waals surface area contributed by atoms with Crippen LogP contribution in [0.4, 0.5) is 0 Å². The molecule has 1 aromatic rings. The average Bonchev–Trinajstić information content (AvgIpc) is 2.58. The van der Waals surface area contributed by atoms with Crippen molar-refractivity contribution in [2.24, 2.45) is 0 Å². The number of halogens is 1. The summed E-state index contributed by atoms with van der Waals surface area (Å²) in [4.78, 5) is 2.49. The highest BCUT2D eigenvalue weighted by molar-refractivity contribution is 9.10. The molecule has 0 amide bonds. The highest BCUT2D eigenvalue weighted by Crippen LogP contribution is 2.36. The SMILES string of the molecule is CCCOc1c(Br)cc(CNCCN2CCNCC2)cc1OC. The first kappa shape index (κ1) is 18.5. The van der Waals surface area contributed by atoms with Crippen LogP contribution in [0.25, 0.3) is 0 Å². The van der Waals surface area contributed by atoms with E-state index in [1.54, 1.807) is 7.11 Å². The minimum Gasteiger partial charge on any atom is -0.493 e. The first-order valence-electron chi connectivity index (χ1n) is 8.37. The highest BCUT2D eigenvalue weighted by atomic mass is 79.9. The highest BCUT2D eigenvalue weighted by Gasteiger charge is 2.12. The van der Waals surface area contributed by atoms with Gasteiger partial charge in [0, 0.05) is 45.8 Å². The van der Waals surface area contributed by atoms with Crippen LogP contribution in [0.5, 0.6) is 11.5 Å². The average molecular weight is 386 g/mol. The molecule has 5 nitrogen and oxygen atoms in total. The zero-order valence-electron chi connectivity index (χ0n) is 14.2. The van der Waals surface area contributed by atoms with E-state index in [0.717, 1.165) is 68.2 Å². The van der Waals surface area contributed by atoms with Gasteiger partial charge in [0.1, 0.15) is 0 Å². The molecule has 2 N–H and O–H groups in total. The minimum absolute atomic E-state index is 0.692. The second-order valence-electron chi connectivity index (χ2n) is 5.73. The monoisotopic (exact) mass is 385 g/mol. The van der Waals surface area contributed by atoms with Crippen LogP contribution in [0.2, 0.25) is 0 Å². The van der Waals surface area contributed by atoms with Gasteiger partial charge in [0.05, 0.1) is 18.2 Å². The third-order valence-corrected chi connectivity index (χ3v) is 4.47. The third-order valence-electron chi connectivity index (χ3n) is 3.88. The lowest BCUT2D eigenvalue weighted by Crippen LogP contribution is -2.45. The van der Waals surface area contributed by atoms with Crippen LogP contribution in [0.3, 0.4) is 0 Å². The summed E-state index contributed by atoms with van der Waals surface area (Å²) in [6.07, 6.45) is 0.977. The van der Waals surface area contributed by atoms with Crippen molar-refractivity contribution in [1.82, 2.24) is 15.5 Å². The van der Waals surface area contributed by atoms with Gasteiger partial charge >= 0.3 is 0 Å². The normalized spacial score (nSPS) is 15.6. The molecule has 0 saturated carbocycles. The predicted octanol–water partition coefficient (Wildman–Crippen LogP) is 2.24. The molecule has 0 spiro atoms. The quantitative estimate of drug-likeness (QED) is 0.638. The van der Waals surface area contributed by atoms with Crippen molar-refractivity contribution in [3.63, 3.8) is 0 Å². The maximum Gasteiger partial charge on any atom is 0.175 e. The zero-order valence-corrected chi connectivity index (χ0v) is 15.7. The molecule has 1 saturated heterocycles. The minimum atomic E-state index is 0.692. The van der Waals surface area contributed by atoms with Gasteiger partial charge in [-0.15, -0.1) is 0 Å². The van der Waals surface area contributed by atoms with Crippen molar-refractivity contribution in [3.05, 3.63) is 22.2 Å². The van der Waals surface area contributed by atoms with Gasteiger partial charge < -0.3 is 20.1 Å². The summed E-state index contributed by atoms with van der Waals surface area (Å²) in [7, 11) is 1.68. The molecule has 0 aliphatic carbocycles. The molecule has 1 aliphatic heterocycles. The Balaban J connectivity index is 1.83. The maximum absolute atomic E-state index is 5.76. The van der Waals surface area contributed by atoms with Gasteiger partial charge in [-0.2, -0.15) is 0 Å². The van der Waals surface area contributed by atoms with E-state index in [1.807, 2.05) is 6.07 Å². The Bertz CT molecular complexity index is 479. The van der Waals surface area contributed by atoms with E-state index in [2.05, 4.69) is 44.5 Å². The van der Waals surface area contributed by atoms with Crippen molar-refractivity contribution < 1.29 is 9.47 Å². The number of hydrogen-bond acceptors (Lipinski definition) is 5. The van der Waals surface area contributed by atoms with E-state index < -0.39 is 0 Å². The molecule has 0 unspecified atom stereocenters. The summed E-state index contributed by atoms with van der Waals surface area (Å²) in [5.41, 5.74) is 1.19. The van der Waals surface area contributed by atoms with Gasteiger partial charge in [0.2, 0.25) is 0 Å². The second-order valence-corrected chi connectivity index (χ2v) is 6.58. The summed E-state index contributed by atoms with van der Waals surface area (Å²) in [5.74, 6) is 1.57. The number of nitrogens with zero attached hydrogens (tertiary/aromatic N) is 1. The smallest absolute Gasteiger partial charge is 0.175 e. The lowest BCUT2D eigenvalue weighted by molar-refractivity contribution is 0.241. The molecule has 2 rings (SSSR count). The first-order valence-corrected chi connectivity index (χ1v) is 9.17. The van der Waals surface area contributed by atoms with Gasteiger partial charge in [0.15, 0.2) is 11.5 Å². The fraction of sp³-hybridized carbons (Fsp3) is 0.647. The number of piperazine rings is 1. The van der Waals surface area contributed by atoms with Gasteiger partial charge in [0.25, 0.3) is 0 Å². The number of hydrogen-bond donors (Lipinski definition) is 2. The molecule has 1 aliphatic rings. The Morgan fingerprint density at radius 3 is 2.78 bits per heavy atom. The first-order chi connectivity index (χ1) is 11.2. The topological polar surface area (TPSA) is 45.8 Å². The molecular formula is C17H28BrN3O2. The van der Waals surface area contributed by atoms with Crippen molar-refractivity contribution in [1.29, 1.82) is 0 Å². The van der Waals surface area contributed by atoms with Crippen LogP contribution in [0.15, 0.2) is 16.6 Å². The lowest BCUT2D eigenvalue weighted by atomic mass is 10.2. The molecular weight excluding hydrogens is 358 g/mol. The molecule has 0 radical (unpaired) electrons. The van der Waals surface area contributed by atoms with E-state index >= 15 is 0 Å². The summed E-state index contributed by atoms with van der Waals surface area (Å²) in [5, 5.41) is 6.89. The molecule has 6 heteroatoms. The number of rotatable bonds is 9. The van der Waals surface area contributed by atoms with Crippen molar-refractivity contribution in [3.8, 4) is 11.5 Å². The second kappa shape index (κ2) is 10.1. The van der Waals surface area contributed by atoms with E-state index in [0.29, 0.717) is 6.61 Å². The van der Waals surface area contributed by atoms with Gasteiger partial charge in [-0.05, 0) is 40.0 Å². The zero-order chi connectivity index (χ0) is 16.5. The Morgan fingerprint density at radius 1 is 1.30 bits per heavy atom. The Labute approximate surface area is 147 Å². The van der Waals surface area contributed by atoms with Crippen molar-refractivity contribution in [2.45, 2.75) is 19.9 Å². The van der Waals surface area contributed by atoms with Gasteiger partial charge in [-0.25, -0.2) is 0 Å². The van der Waals surface area contributed by atoms with E-state index in [4.69, 9.17) is 9.47 Å². The van der Waals surface area contributed by atoms with E-state index in [1.165, 1.54) is 5.56 Å². The van der Waals surface area contributed by atoms with Crippen LogP contribution in [-0.2, 0) is 6.54 Å². The number of nitrogens with one attached hydrogen (secondary N) is 2. The fourth-order valence-electron chi connectivity index (χ4n) is 2.62. The summed E-state index contributed by atoms with van der Waals surface area (Å²) in [6.45, 7) is 10.2. The Morgan fingerprint density at radius 2 is 2.09 bits per heavy atom. The standard InChI is InChI=1S/C17H28BrN3O2/c1-3-10-23-17-15(18)11-14(12-16(17)22-2)13-20-6-9-21-7-4-19-5-8-21/h11-12,19-20H,3-10,13H2,1-2H3. The summed E-state index contributed by atoms with van der Waals surface area (Å²) < 4.78 is 12.2. The van der Waals surface area contributed by atoms with Crippen molar-refractivity contribution in [2.75, 3.05) is 53.0 Å². The van der Waals surface area contributed by atoms with Crippen LogP contribution in [0.1, 0.15) is 18.9 Å². The van der Waals surface area contributed by atoms with Crippen LogP contribution in [-0.4, -0.2) is 57.9 Å². The Kier molecular flexibility index (Phi) is 8.16. The fourth-order valence-corrected chi connectivity index (χ4v) is 3.23. The van der Waals surface area contributed by atoms with Crippen LogP contribution < -0.4 is 20.1 Å². The Hall–Kier alpha value is -0.820. The molecule has 0 aromatic heterocycles. The number of methoxy groups -OCH3 is 1. The molecule has 1 heterocycles. The molecule has 130 valence electrons. The molecule has 1 aromatic carbocycles. The number of benzene rings is 1. The molecule has 1 fully saturated rings. The summed E-state index contributed by atoms with van der Waals surface area (Å²) >= 11 is 3.59. The largest absolute Gasteiger partial charge is 0.493 e. The molecule has 23 heavy (non-hydrogen) atoms. The molecule has 0 atom stereocenters.